The van der Waals surface area contributed by atoms with Gasteiger partial charge in [-0.25, -0.2) is 0 Å². The highest BCUT2D eigenvalue weighted by molar-refractivity contribution is 7.99. The van der Waals surface area contributed by atoms with Gasteiger partial charge in [0.15, 0.2) is 5.69 Å². The molecule has 5 nitrogen and oxygen atoms in total. The van der Waals surface area contributed by atoms with E-state index in [4.69, 9.17) is 4.52 Å². The van der Waals surface area contributed by atoms with Crippen molar-refractivity contribution in [3.05, 3.63) is 17.5 Å². The third-order valence-corrected chi connectivity index (χ3v) is 5.63. The third-order valence-electron chi connectivity index (χ3n) is 4.48. The average Bonchev–Trinajstić information content (AvgIpc) is 3.16. The molecular weight excluding hydrogens is 286 g/mol. The molecule has 2 saturated heterocycles. The van der Waals surface area contributed by atoms with Crippen LogP contribution in [0.3, 0.4) is 0 Å². The highest BCUT2D eigenvalue weighted by Crippen LogP contribution is 2.26. The maximum absolute atomic E-state index is 11.9. The summed E-state index contributed by atoms with van der Waals surface area (Å²) < 4.78 is 4.93. The number of thioether (sulfide) groups is 1. The van der Waals surface area contributed by atoms with Gasteiger partial charge in [-0.2, -0.15) is 11.8 Å². The molecule has 0 aliphatic carbocycles. The lowest BCUT2D eigenvalue weighted by atomic mass is 9.95. The van der Waals surface area contributed by atoms with Gasteiger partial charge in [-0.05, 0) is 50.9 Å². The second-order valence-electron chi connectivity index (χ2n) is 6.03. The summed E-state index contributed by atoms with van der Waals surface area (Å²) in [7, 11) is 0. The van der Waals surface area contributed by atoms with Crippen molar-refractivity contribution in [1.82, 2.24) is 15.4 Å². The Morgan fingerprint density at radius 1 is 1.48 bits per heavy atom. The molecule has 1 amide bonds. The zero-order valence-electron chi connectivity index (χ0n) is 12.5. The molecule has 3 rings (SSSR count). The van der Waals surface area contributed by atoms with Gasteiger partial charge in [-0.15, -0.1) is 0 Å². The molecule has 1 N–H and O–H groups in total. The second kappa shape index (κ2) is 6.83. The number of aromatic nitrogens is 1. The standard InChI is InChI=1S/C15H23N3O2S/c1-11-8-14(17-20-11)15(19)16-9-12-2-5-18(6-3-12)13-4-7-21-10-13/h8,12-13H,2-7,9-10H2,1H3,(H,16,19). The summed E-state index contributed by atoms with van der Waals surface area (Å²) in [5.74, 6) is 3.75. The molecule has 1 atom stereocenters. The molecule has 0 aromatic carbocycles. The fourth-order valence-electron chi connectivity index (χ4n) is 3.13. The summed E-state index contributed by atoms with van der Waals surface area (Å²) in [6.07, 6.45) is 3.70. The monoisotopic (exact) mass is 309 g/mol. The van der Waals surface area contributed by atoms with E-state index in [1.807, 2.05) is 0 Å². The Balaban J connectivity index is 1.40. The number of aryl methyl sites for hydroxylation is 1. The smallest absolute Gasteiger partial charge is 0.273 e. The first-order chi connectivity index (χ1) is 10.2. The predicted molar refractivity (Wildman–Crippen MR) is 83.6 cm³/mol. The third kappa shape index (κ3) is 3.80. The minimum Gasteiger partial charge on any atom is -0.361 e. The molecule has 1 unspecified atom stereocenters. The van der Waals surface area contributed by atoms with Crippen LogP contribution in [-0.2, 0) is 0 Å². The second-order valence-corrected chi connectivity index (χ2v) is 7.18. The number of hydrogen-bond acceptors (Lipinski definition) is 5. The number of likely N-dealkylation sites (tertiary alicyclic amines) is 1. The zero-order valence-corrected chi connectivity index (χ0v) is 13.3. The number of hydrogen-bond donors (Lipinski definition) is 1. The van der Waals surface area contributed by atoms with Gasteiger partial charge in [0.05, 0.1) is 0 Å². The van der Waals surface area contributed by atoms with E-state index in [0.29, 0.717) is 17.4 Å². The first-order valence-corrected chi connectivity index (χ1v) is 8.91. The van der Waals surface area contributed by atoms with Crippen molar-refractivity contribution in [3.8, 4) is 0 Å². The van der Waals surface area contributed by atoms with Gasteiger partial charge in [0.1, 0.15) is 5.76 Å². The maximum Gasteiger partial charge on any atom is 0.273 e. The Labute approximate surface area is 129 Å². The van der Waals surface area contributed by atoms with E-state index in [1.165, 1.54) is 43.9 Å². The van der Waals surface area contributed by atoms with Crippen LogP contribution >= 0.6 is 11.8 Å². The number of rotatable bonds is 4. The molecule has 3 heterocycles. The SMILES string of the molecule is Cc1cc(C(=O)NCC2CCN(C3CCSC3)CC2)no1. The Kier molecular flexibility index (Phi) is 4.85. The van der Waals surface area contributed by atoms with Crippen LogP contribution in [0.4, 0.5) is 0 Å². The van der Waals surface area contributed by atoms with Gasteiger partial charge in [0, 0.05) is 24.4 Å². The van der Waals surface area contributed by atoms with Crippen molar-refractivity contribution < 1.29 is 9.32 Å². The number of nitrogens with zero attached hydrogens (tertiary/aromatic N) is 2. The quantitative estimate of drug-likeness (QED) is 0.921. The number of carbonyl (C=O) groups is 1. The Morgan fingerprint density at radius 3 is 2.90 bits per heavy atom. The topological polar surface area (TPSA) is 58.4 Å². The van der Waals surface area contributed by atoms with Crippen LogP contribution in [0.1, 0.15) is 35.5 Å². The van der Waals surface area contributed by atoms with E-state index in [2.05, 4.69) is 27.1 Å². The molecule has 0 saturated carbocycles. The molecule has 0 bridgehead atoms. The van der Waals surface area contributed by atoms with Gasteiger partial charge >= 0.3 is 0 Å². The molecule has 116 valence electrons. The lowest BCUT2D eigenvalue weighted by molar-refractivity contribution is 0.0919. The molecule has 6 heteroatoms. The van der Waals surface area contributed by atoms with Crippen LogP contribution in [0.5, 0.6) is 0 Å². The summed E-state index contributed by atoms with van der Waals surface area (Å²) in [5, 5.41) is 6.73. The summed E-state index contributed by atoms with van der Waals surface area (Å²) in [6, 6.07) is 2.47. The van der Waals surface area contributed by atoms with Crippen LogP contribution in [0.15, 0.2) is 10.6 Å². The predicted octanol–water partition coefficient (Wildman–Crippen LogP) is 1.93. The highest BCUT2D eigenvalue weighted by Gasteiger charge is 2.27. The molecule has 1 aromatic heterocycles. The fourth-order valence-corrected chi connectivity index (χ4v) is 4.39. The van der Waals surface area contributed by atoms with E-state index < -0.39 is 0 Å². The molecule has 21 heavy (non-hydrogen) atoms. The lowest BCUT2D eigenvalue weighted by Crippen LogP contribution is -2.43. The van der Waals surface area contributed by atoms with Gasteiger partial charge in [-0.3, -0.25) is 9.69 Å². The maximum atomic E-state index is 11.9. The molecular formula is C15H23N3O2S. The molecule has 0 radical (unpaired) electrons. The van der Waals surface area contributed by atoms with Crippen LogP contribution in [0, 0.1) is 12.8 Å². The number of amides is 1. The molecule has 2 fully saturated rings. The zero-order chi connectivity index (χ0) is 14.7. The number of carbonyl (C=O) groups excluding carboxylic acids is 1. The van der Waals surface area contributed by atoms with E-state index in [0.717, 1.165) is 12.6 Å². The Hall–Kier alpha value is -1.01. The number of piperidine rings is 1. The first kappa shape index (κ1) is 14.9. The lowest BCUT2D eigenvalue weighted by Gasteiger charge is -2.35. The number of nitrogens with one attached hydrogen (secondary N) is 1. The first-order valence-electron chi connectivity index (χ1n) is 7.75. The van der Waals surface area contributed by atoms with Crippen LogP contribution in [-0.4, -0.2) is 53.1 Å². The summed E-state index contributed by atoms with van der Waals surface area (Å²) in [6.45, 7) is 4.89. The Bertz CT molecular complexity index is 477. The van der Waals surface area contributed by atoms with Crippen molar-refractivity contribution >= 4 is 17.7 Å². The Morgan fingerprint density at radius 2 is 2.29 bits per heavy atom. The average molecular weight is 309 g/mol. The van der Waals surface area contributed by atoms with Crippen LogP contribution in [0.2, 0.25) is 0 Å². The van der Waals surface area contributed by atoms with Crippen molar-refractivity contribution in [2.45, 2.75) is 32.2 Å². The van der Waals surface area contributed by atoms with E-state index >= 15 is 0 Å². The van der Waals surface area contributed by atoms with Gasteiger partial charge in [0.2, 0.25) is 0 Å². The molecule has 2 aliphatic rings. The van der Waals surface area contributed by atoms with Crippen molar-refractivity contribution in [1.29, 1.82) is 0 Å². The van der Waals surface area contributed by atoms with Gasteiger partial charge < -0.3 is 9.84 Å². The van der Waals surface area contributed by atoms with Crippen molar-refractivity contribution in [2.75, 3.05) is 31.1 Å². The summed E-state index contributed by atoms with van der Waals surface area (Å²) in [4.78, 5) is 14.6. The van der Waals surface area contributed by atoms with Crippen molar-refractivity contribution in [2.24, 2.45) is 5.92 Å². The van der Waals surface area contributed by atoms with Crippen LogP contribution in [0.25, 0.3) is 0 Å². The molecule has 0 spiro atoms. The van der Waals surface area contributed by atoms with E-state index in [1.54, 1.807) is 13.0 Å². The largest absolute Gasteiger partial charge is 0.361 e. The van der Waals surface area contributed by atoms with E-state index in [-0.39, 0.29) is 5.91 Å². The minimum absolute atomic E-state index is 0.124. The minimum atomic E-state index is -0.124. The normalized spacial score (nSPS) is 24.3. The van der Waals surface area contributed by atoms with Crippen LogP contribution < -0.4 is 5.32 Å². The van der Waals surface area contributed by atoms with E-state index in [9.17, 15) is 4.79 Å². The fraction of sp³-hybridized carbons (Fsp3) is 0.733. The summed E-state index contributed by atoms with van der Waals surface area (Å²) >= 11 is 2.08. The highest BCUT2D eigenvalue weighted by atomic mass is 32.2. The van der Waals surface area contributed by atoms with Crippen molar-refractivity contribution in [3.63, 3.8) is 0 Å². The summed E-state index contributed by atoms with van der Waals surface area (Å²) in [5.41, 5.74) is 0.382. The van der Waals surface area contributed by atoms with Gasteiger partial charge in [-0.1, -0.05) is 5.16 Å². The van der Waals surface area contributed by atoms with Gasteiger partial charge in [0.25, 0.3) is 5.91 Å². The molecule has 2 aliphatic heterocycles. The molecule has 1 aromatic rings.